The third kappa shape index (κ3) is 4.54. The topological polar surface area (TPSA) is 62.8 Å². The van der Waals surface area contributed by atoms with Crippen molar-refractivity contribution in [1.29, 1.82) is 0 Å². The average Bonchev–Trinajstić information content (AvgIpc) is 2.48. The molecule has 4 nitrogen and oxygen atoms in total. The number of aromatic nitrogens is 2. The van der Waals surface area contributed by atoms with Gasteiger partial charge in [-0.1, -0.05) is 53.2 Å². The molecule has 1 aromatic heterocycles. The van der Waals surface area contributed by atoms with Gasteiger partial charge >= 0.3 is 0 Å². The van der Waals surface area contributed by atoms with E-state index >= 15 is 0 Å². The summed E-state index contributed by atoms with van der Waals surface area (Å²) in [7, 11) is 0. The summed E-state index contributed by atoms with van der Waals surface area (Å²) < 4.78 is 0.934. The molecule has 0 aliphatic carbocycles. The second kappa shape index (κ2) is 7.56. The van der Waals surface area contributed by atoms with Gasteiger partial charge in [-0.3, -0.25) is 9.59 Å². The first-order chi connectivity index (χ1) is 10.1. The number of hydrogen-bond donors (Lipinski definition) is 1. The molecule has 0 radical (unpaired) electrons. The van der Waals surface area contributed by atoms with E-state index in [2.05, 4.69) is 25.9 Å². The Morgan fingerprint density at radius 3 is 2.67 bits per heavy atom. The zero-order chi connectivity index (χ0) is 15.2. The zero-order valence-electron chi connectivity index (χ0n) is 11.6. The summed E-state index contributed by atoms with van der Waals surface area (Å²) in [5, 5.41) is 0.477. The first kappa shape index (κ1) is 16.0. The number of aromatic amines is 1. The van der Waals surface area contributed by atoms with Crippen molar-refractivity contribution in [1.82, 2.24) is 9.97 Å². The van der Waals surface area contributed by atoms with Gasteiger partial charge in [-0.05, 0) is 18.6 Å². The molecule has 110 valence electrons. The molecule has 0 amide bonds. The second-order valence-corrected chi connectivity index (χ2v) is 6.39. The van der Waals surface area contributed by atoms with Crippen LogP contribution in [0.4, 0.5) is 0 Å². The molecule has 0 spiro atoms. The summed E-state index contributed by atoms with van der Waals surface area (Å²) in [5.41, 5.74) is 1.21. The molecule has 0 aliphatic heterocycles. The molecule has 2 aromatic rings. The van der Waals surface area contributed by atoms with Crippen LogP contribution in [0.25, 0.3) is 0 Å². The predicted octanol–water partition coefficient (Wildman–Crippen LogP) is 3.46. The lowest BCUT2D eigenvalue weighted by molar-refractivity contribution is 0.102. The van der Waals surface area contributed by atoms with E-state index < -0.39 is 0 Å². The predicted molar refractivity (Wildman–Crippen MR) is 88.0 cm³/mol. The fraction of sp³-hybridized carbons (Fsp3) is 0.267. The average molecular weight is 367 g/mol. The molecule has 21 heavy (non-hydrogen) atoms. The molecule has 2 rings (SSSR count). The van der Waals surface area contributed by atoms with Gasteiger partial charge in [-0.15, -0.1) is 0 Å². The number of thioether (sulfide) groups is 1. The third-order valence-corrected chi connectivity index (χ3v) is 4.29. The van der Waals surface area contributed by atoms with Gasteiger partial charge in [-0.2, -0.15) is 0 Å². The summed E-state index contributed by atoms with van der Waals surface area (Å²) in [5.74, 6) is 0.255. The first-order valence-corrected chi connectivity index (χ1v) is 8.37. The van der Waals surface area contributed by atoms with E-state index in [1.54, 1.807) is 18.3 Å². The van der Waals surface area contributed by atoms with E-state index in [0.29, 0.717) is 22.7 Å². The van der Waals surface area contributed by atoms with Gasteiger partial charge in [0.05, 0.1) is 5.75 Å². The number of carbonyl (C=O) groups excluding carboxylic acids is 1. The molecule has 1 aromatic carbocycles. The largest absolute Gasteiger partial charge is 0.301 e. The van der Waals surface area contributed by atoms with Crippen LogP contribution in [-0.2, 0) is 6.42 Å². The van der Waals surface area contributed by atoms with E-state index in [4.69, 9.17) is 0 Å². The number of hydrogen-bond acceptors (Lipinski definition) is 4. The maximum absolute atomic E-state index is 12.0. The lowest BCUT2D eigenvalue weighted by Crippen LogP contribution is -2.14. The van der Waals surface area contributed by atoms with Crippen LogP contribution in [0.2, 0.25) is 0 Å². The number of nitrogens with one attached hydrogen (secondary N) is 1. The van der Waals surface area contributed by atoms with E-state index in [1.165, 1.54) is 11.8 Å². The molecule has 0 fully saturated rings. The number of rotatable bonds is 6. The number of carbonyl (C=O) groups is 1. The van der Waals surface area contributed by atoms with E-state index in [9.17, 15) is 9.59 Å². The molecular weight excluding hydrogens is 352 g/mol. The highest BCUT2D eigenvalue weighted by Gasteiger charge is 2.08. The molecule has 0 aliphatic rings. The van der Waals surface area contributed by atoms with Crippen LogP contribution in [0.3, 0.4) is 0 Å². The molecule has 1 N–H and O–H groups in total. The lowest BCUT2D eigenvalue weighted by atomic mass is 10.2. The molecular formula is C15H15BrN2O2S. The summed E-state index contributed by atoms with van der Waals surface area (Å²) in [6.07, 6.45) is 3.21. The highest BCUT2D eigenvalue weighted by atomic mass is 79.9. The van der Waals surface area contributed by atoms with Crippen molar-refractivity contribution >= 4 is 33.5 Å². The van der Waals surface area contributed by atoms with Gasteiger partial charge in [0.2, 0.25) is 0 Å². The van der Waals surface area contributed by atoms with Gasteiger partial charge < -0.3 is 4.98 Å². The standard InChI is InChI=1S/C15H15BrN2O2S/c1-2-3-11-8-17-15(18-14(11)20)21-9-13(19)10-4-6-12(16)7-5-10/h4-8H,2-3,9H2,1H3,(H,17,18,20). The molecule has 0 unspecified atom stereocenters. The number of ketones is 1. The number of benzene rings is 1. The number of H-pyrrole nitrogens is 1. The smallest absolute Gasteiger partial charge is 0.254 e. The summed E-state index contributed by atoms with van der Waals surface area (Å²) in [4.78, 5) is 30.7. The van der Waals surface area contributed by atoms with Crippen molar-refractivity contribution in [2.24, 2.45) is 0 Å². The highest BCUT2D eigenvalue weighted by molar-refractivity contribution is 9.10. The Morgan fingerprint density at radius 1 is 1.33 bits per heavy atom. The van der Waals surface area contributed by atoms with Crippen LogP contribution >= 0.6 is 27.7 Å². The van der Waals surface area contributed by atoms with Crippen molar-refractivity contribution in [3.8, 4) is 0 Å². The van der Waals surface area contributed by atoms with E-state index in [-0.39, 0.29) is 17.1 Å². The Hall–Kier alpha value is -1.40. The van der Waals surface area contributed by atoms with E-state index in [0.717, 1.165) is 10.9 Å². The Balaban J connectivity index is 1.99. The highest BCUT2D eigenvalue weighted by Crippen LogP contribution is 2.16. The van der Waals surface area contributed by atoms with Crippen molar-refractivity contribution in [3.63, 3.8) is 0 Å². The Kier molecular flexibility index (Phi) is 5.76. The van der Waals surface area contributed by atoms with Gasteiger partial charge in [0.1, 0.15) is 0 Å². The SMILES string of the molecule is CCCc1cnc(SCC(=O)c2ccc(Br)cc2)[nH]c1=O. The minimum atomic E-state index is -0.120. The van der Waals surface area contributed by atoms with Crippen LogP contribution in [0, 0.1) is 0 Å². The summed E-state index contributed by atoms with van der Waals surface area (Å²) >= 11 is 4.57. The monoisotopic (exact) mass is 366 g/mol. The van der Waals surface area contributed by atoms with E-state index in [1.807, 2.05) is 19.1 Å². The number of aryl methyl sites for hydroxylation is 1. The Morgan fingerprint density at radius 2 is 2.05 bits per heavy atom. The van der Waals surface area contributed by atoms with Crippen LogP contribution in [0.15, 0.2) is 44.9 Å². The fourth-order valence-corrected chi connectivity index (χ4v) is 2.77. The van der Waals surface area contributed by atoms with Crippen LogP contribution in [0.5, 0.6) is 0 Å². The minimum Gasteiger partial charge on any atom is -0.301 e. The van der Waals surface area contributed by atoms with Crippen molar-refractivity contribution < 1.29 is 4.79 Å². The number of Topliss-reactive ketones (excluding diaryl/α,β-unsaturated/α-hetero) is 1. The maximum Gasteiger partial charge on any atom is 0.254 e. The molecule has 0 bridgehead atoms. The van der Waals surface area contributed by atoms with Crippen LogP contribution < -0.4 is 5.56 Å². The van der Waals surface area contributed by atoms with Crippen LogP contribution in [-0.4, -0.2) is 21.5 Å². The van der Waals surface area contributed by atoms with Gasteiger partial charge in [0.15, 0.2) is 10.9 Å². The maximum atomic E-state index is 12.0. The molecule has 0 atom stereocenters. The lowest BCUT2D eigenvalue weighted by Gasteiger charge is -2.03. The van der Waals surface area contributed by atoms with Gasteiger partial charge in [0, 0.05) is 21.8 Å². The van der Waals surface area contributed by atoms with Gasteiger partial charge in [-0.25, -0.2) is 4.98 Å². The number of halogens is 1. The van der Waals surface area contributed by atoms with Gasteiger partial charge in [0.25, 0.3) is 5.56 Å². The molecule has 0 saturated heterocycles. The molecule has 6 heteroatoms. The molecule has 0 saturated carbocycles. The quantitative estimate of drug-likeness (QED) is 0.483. The van der Waals surface area contributed by atoms with Crippen molar-refractivity contribution in [2.45, 2.75) is 24.9 Å². The summed E-state index contributed by atoms with van der Waals surface area (Å²) in [6, 6.07) is 7.20. The summed E-state index contributed by atoms with van der Waals surface area (Å²) in [6.45, 7) is 2.01. The first-order valence-electron chi connectivity index (χ1n) is 6.60. The zero-order valence-corrected chi connectivity index (χ0v) is 14.0. The Bertz CT molecular complexity index is 683. The number of nitrogens with zero attached hydrogens (tertiary/aromatic N) is 1. The Labute approximate surface area is 135 Å². The van der Waals surface area contributed by atoms with Crippen LogP contribution in [0.1, 0.15) is 29.3 Å². The molecule has 1 heterocycles. The van der Waals surface area contributed by atoms with Crippen molar-refractivity contribution in [2.75, 3.05) is 5.75 Å². The fourth-order valence-electron chi connectivity index (χ4n) is 1.78. The second-order valence-electron chi connectivity index (χ2n) is 4.51. The normalized spacial score (nSPS) is 10.6. The third-order valence-electron chi connectivity index (χ3n) is 2.88. The van der Waals surface area contributed by atoms with Crippen molar-refractivity contribution in [3.05, 3.63) is 56.4 Å². The minimum absolute atomic E-state index is 0.00721.